The fourth-order valence-electron chi connectivity index (χ4n) is 4.24. The van der Waals surface area contributed by atoms with Gasteiger partial charge >= 0.3 is 6.09 Å². The highest BCUT2D eigenvalue weighted by atomic mass is 35.5. The van der Waals surface area contributed by atoms with E-state index in [4.69, 9.17) is 16.3 Å². The molecule has 3 rings (SSSR count). The van der Waals surface area contributed by atoms with Crippen molar-refractivity contribution in [2.75, 3.05) is 32.7 Å². The lowest BCUT2D eigenvalue weighted by atomic mass is 9.78. The molecule has 0 spiro atoms. The quantitative estimate of drug-likeness (QED) is 0.763. The average Bonchev–Trinajstić information content (AvgIpc) is 3.04. The van der Waals surface area contributed by atoms with Crippen LogP contribution in [0.15, 0.2) is 24.3 Å². The first-order valence-electron chi connectivity index (χ1n) is 9.74. The van der Waals surface area contributed by atoms with Gasteiger partial charge in [-0.05, 0) is 51.3 Å². The third-order valence-electron chi connectivity index (χ3n) is 5.57. The first kappa shape index (κ1) is 19.5. The molecule has 1 aromatic carbocycles. The van der Waals surface area contributed by atoms with Crippen molar-refractivity contribution in [2.45, 2.75) is 57.5 Å². The van der Waals surface area contributed by atoms with Gasteiger partial charge in [0.05, 0.1) is 0 Å². The molecule has 1 amide bonds. The summed E-state index contributed by atoms with van der Waals surface area (Å²) in [6.45, 7) is 10.1. The van der Waals surface area contributed by atoms with Gasteiger partial charge in [0.2, 0.25) is 0 Å². The molecule has 1 aliphatic carbocycles. The minimum absolute atomic E-state index is 0.189. The van der Waals surface area contributed by atoms with Gasteiger partial charge < -0.3 is 9.64 Å². The van der Waals surface area contributed by atoms with E-state index in [-0.39, 0.29) is 11.5 Å². The van der Waals surface area contributed by atoms with E-state index in [1.807, 2.05) is 37.8 Å². The molecule has 4 nitrogen and oxygen atoms in total. The van der Waals surface area contributed by atoms with E-state index in [9.17, 15) is 4.79 Å². The standard InChI is InChI=1S/C21H31ClN2O2/c1-20(2,3)26-19(25)24-14-12-23(13-15-24)16-21(10-4-5-11-21)17-6-8-18(22)9-7-17/h6-9H,4-5,10-16H2,1-3H3. The number of halogens is 1. The van der Waals surface area contributed by atoms with Crippen LogP contribution in [0.1, 0.15) is 52.0 Å². The van der Waals surface area contributed by atoms with Crippen LogP contribution in [-0.4, -0.2) is 54.2 Å². The van der Waals surface area contributed by atoms with Crippen molar-refractivity contribution in [3.05, 3.63) is 34.9 Å². The summed E-state index contributed by atoms with van der Waals surface area (Å²) < 4.78 is 5.50. The van der Waals surface area contributed by atoms with E-state index in [0.717, 1.165) is 37.7 Å². The van der Waals surface area contributed by atoms with Crippen LogP contribution in [0, 0.1) is 0 Å². The van der Waals surface area contributed by atoms with Crippen molar-refractivity contribution in [3.63, 3.8) is 0 Å². The van der Waals surface area contributed by atoms with Gasteiger partial charge in [-0.1, -0.05) is 36.6 Å². The monoisotopic (exact) mass is 378 g/mol. The summed E-state index contributed by atoms with van der Waals surface area (Å²) in [4.78, 5) is 16.6. The normalized spacial score (nSPS) is 21.0. The fraction of sp³-hybridized carbons (Fsp3) is 0.667. The Kier molecular flexibility index (Phi) is 5.83. The molecule has 2 fully saturated rings. The van der Waals surface area contributed by atoms with E-state index in [1.165, 1.54) is 31.2 Å². The maximum Gasteiger partial charge on any atom is 0.410 e. The number of ether oxygens (including phenoxy) is 1. The SMILES string of the molecule is CC(C)(C)OC(=O)N1CCN(CC2(c3ccc(Cl)cc3)CCCC2)CC1. The third-order valence-corrected chi connectivity index (χ3v) is 5.82. The summed E-state index contributed by atoms with van der Waals surface area (Å²) in [7, 11) is 0. The molecule has 2 aliphatic rings. The van der Waals surface area contributed by atoms with E-state index >= 15 is 0 Å². The largest absolute Gasteiger partial charge is 0.444 e. The van der Waals surface area contributed by atoms with Crippen molar-refractivity contribution in [3.8, 4) is 0 Å². The summed E-state index contributed by atoms with van der Waals surface area (Å²) in [6.07, 6.45) is 4.87. The molecule has 26 heavy (non-hydrogen) atoms. The molecule has 1 heterocycles. The summed E-state index contributed by atoms with van der Waals surface area (Å²) in [5.74, 6) is 0. The highest BCUT2D eigenvalue weighted by Gasteiger charge is 2.38. The molecule has 1 saturated heterocycles. The van der Waals surface area contributed by atoms with Crippen LogP contribution in [0.2, 0.25) is 5.02 Å². The Morgan fingerprint density at radius 1 is 1.08 bits per heavy atom. The van der Waals surface area contributed by atoms with Gasteiger partial charge in [-0.25, -0.2) is 4.79 Å². The molecule has 0 N–H and O–H groups in total. The minimum Gasteiger partial charge on any atom is -0.444 e. The van der Waals surface area contributed by atoms with Crippen LogP contribution in [0.5, 0.6) is 0 Å². The van der Waals surface area contributed by atoms with Gasteiger partial charge in [-0.2, -0.15) is 0 Å². The van der Waals surface area contributed by atoms with Crippen LogP contribution in [0.3, 0.4) is 0 Å². The minimum atomic E-state index is -0.434. The Morgan fingerprint density at radius 2 is 1.65 bits per heavy atom. The molecule has 5 heteroatoms. The maximum absolute atomic E-state index is 12.3. The predicted molar refractivity (Wildman–Crippen MR) is 106 cm³/mol. The Labute approximate surface area is 162 Å². The number of hydrogen-bond donors (Lipinski definition) is 0. The molecular formula is C21H31ClN2O2. The second-order valence-electron chi connectivity index (χ2n) is 8.74. The lowest BCUT2D eigenvalue weighted by Gasteiger charge is -2.40. The molecule has 0 atom stereocenters. The average molecular weight is 379 g/mol. The van der Waals surface area contributed by atoms with Gasteiger partial charge in [0.25, 0.3) is 0 Å². The molecule has 1 aliphatic heterocycles. The Hall–Kier alpha value is -1.26. The number of benzene rings is 1. The summed E-state index contributed by atoms with van der Waals surface area (Å²) in [5, 5.41) is 0.799. The van der Waals surface area contributed by atoms with Crippen LogP contribution in [0.25, 0.3) is 0 Å². The summed E-state index contributed by atoms with van der Waals surface area (Å²) >= 11 is 6.09. The highest BCUT2D eigenvalue weighted by molar-refractivity contribution is 6.30. The van der Waals surface area contributed by atoms with Gasteiger partial charge in [-0.15, -0.1) is 0 Å². The lowest BCUT2D eigenvalue weighted by Crippen LogP contribution is -2.52. The first-order chi connectivity index (χ1) is 12.3. The highest BCUT2D eigenvalue weighted by Crippen LogP contribution is 2.42. The summed E-state index contributed by atoms with van der Waals surface area (Å²) in [5.41, 5.74) is 1.21. The van der Waals surface area contributed by atoms with Gasteiger partial charge in [-0.3, -0.25) is 4.90 Å². The number of nitrogens with zero attached hydrogens (tertiary/aromatic N) is 2. The zero-order valence-corrected chi connectivity index (χ0v) is 17.0. The Bertz CT molecular complexity index is 610. The zero-order valence-electron chi connectivity index (χ0n) is 16.3. The molecule has 0 unspecified atom stereocenters. The maximum atomic E-state index is 12.3. The number of amides is 1. The molecule has 1 saturated carbocycles. The number of piperazine rings is 1. The number of carbonyl (C=O) groups is 1. The molecule has 1 aromatic rings. The summed E-state index contributed by atoms with van der Waals surface area (Å²) in [6, 6.07) is 8.42. The smallest absolute Gasteiger partial charge is 0.410 e. The van der Waals surface area contributed by atoms with E-state index < -0.39 is 5.60 Å². The molecule has 144 valence electrons. The van der Waals surface area contributed by atoms with Gasteiger partial charge in [0, 0.05) is 43.2 Å². The zero-order chi connectivity index (χ0) is 18.8. The third kappa shape index (κ3) is 4.72. The van der Waals surface area contributed by atoms with E-state index in [1.54, 1.807) is 0 Å². The number of rotatable bonds is 3. The lowest BCUT2D eigenvalue weighted by molar-refractivity contribution is 0.0127. The van der Waals surface area contributed by atoms with Crippen molar-refractivity contribution in [1.82, 2.24) is 9.80 Å². The van der Waals surface area contributed by atoms with Crippen LogP contribution in [0.4, 0.5) is 4.79 Å². The van der Waals surface area contributed by atoms with Gasteiger partial charge in [0.1, 0.15) is 5.60 Å². The van der Waals surface area contributed by atoms with Crippen LogP contribution < -0.4 is 0 Å². The first-order valence-corrected chi connectivity index (χ1v) is 10.1. The molecule has 0 aromatic heterocycles. The van der Waals surface area contributed by atoms with Crippen LogP contribution >= 0.6 is 11.6 Å². The van der Waals surface area contributed by atoms with E-state index in [0.29, 0.717) is 0 Å². The van der Waals surface area contributed by atoms with Crippen molar-refractivity contribution in [2.24, 2.45) is 0 Å². The second-order valence-corrected chi connectivity index (χ2v) is 9.17. The number of hydrogen-bond acceptors (Lipinski definition) is 3. The number of carbonyl (C=O) groups excluding carboxylic acids is 1. The van der Waals surface area contributed by atoms with E-state index in [2.05, 4.69) is 17.0 Å². The second kappa shape index (κ2) is 7.77. The van der Waals surface area contributed by atoms with Crippen molar-refractivity contribution < 1.29 is 9.53 Å². The van der Waals surface area contributed by atoms with Crippen molar-refractivity contribution in [1.29, 1.82) is 0 Å². The Balaban J connectivity index is 1.60. The fourth-order valence-corrected chi connectivity index (χ4v) is 4.36. The van der Waals surface area contributed by atoms with Crippen molar-refractivity contribution >= 4 is 17.7 Å². The Morgan fingerprint density at radius 3 is 2.19 bits per heavy atom. The van der Waals surface area contributed by atoms with Gasteiger partial charge in [0.15, 0.2) is 0 Å². The predicted octanol–water partition coefficient (Wildman–Crippen LogP) is 4.70. The molecule has 0 radical (unpaired) electrons. The molecular weight excluding hydrogens is 348 g/mol. The topological polar surface area (TPSA) is 32.8 Å². The van der Waals surface area contributed by atoms with Crippen LogP contribution in [-0.2, 0) is 10.2 Å². The molecule has 0 bridgehead atoms.